The Morgan fingerprint density at radius 2 is 2.43 bits per heavy atom. The molecule has 0 spiro atoms. The smallest absolute Gasteiger partial charge is 0.290 e. The fraction of sp³-hybridized carbons (Fsp3) is 1.00. The first-order chi connectivity index (χ1) is 3.29. The number of hydrogen-bond donors (Lipinski definition) is 1. The summed E-state index contributed by atoms with van der Waals surface area (Å²) in [5.41, 5.74) is 0. The Balaban J connectivity index is 2.26. The summed E-state index contributed by atoms with van der Waals surface area (Å²) in [5, 5.41) is 8.87. The Hall–Kier alpha value is 0.505. The predicted molar refractivity (Wildman–Crippen MR) is 34.9 cm³/mol. The summed E-state index contributed by atoms with van der Waals surface area (Å²) in [4.78, 5) is 0.586. The van der Waals surface area contributed by atoms with E-state index in [9.17, 15) is 0 Å². The van der Waals surface area contributed by atoms with E-state index in [2.05, 4.69) is 15.9 Å². The molecule has 1 unspecified atom stereocenters. The number of halogens is 1. The minimum atomic E-state index is -0.0237. The monoisotopic (exact) mass is 162 g/mol. The van der Waals surface area contributed by atoms with Crippen molar-refractivity contribution in [2.45, 2.75) is 23.9 Å². The molecule has 1 rings (SSSR count). The number of alkyl halides is 1. The van der Waals surface area contributed by atoms with Crippen molar-refractivity contribution in [2.75, 3.05) is 0 Å². The average Bonchev–Trinajstić information content (AvgIpc) is 1.87. The van der Waals surface area contributed by atoms with E-state index in [0.717, 1.165) is 19.1 Å². The van der Waals surface area contributed by atoms with Gasteiger partial charge >= 0.3 is 0 Å². The van der Waals surface area contributed by atoms with Gasteiger partial charge in [-0.15, -0.1) is 0 Å². The number of hydrogen-bond acceptors (Lipinski definition) is 1. The molecule has 0 aromatic rings. The second-order valence-corrected chi connectivity index (χ2v) is 3.36. The Morgan fingerprint density at radius 3 is 2.57 bits per heavy atom. The highest BCUT2D eigenvalue weighted by Crippen LogP contribution is 2.24. The van der Waals surface area contributed by atoms with Gasteiger partial charge in [-0.1, -0.05) is 15.9 Å². The van der Waals surface area contributed by atoms with Gasteiger partial charge < -0.3 is 5.02 Å². The number of rotatable bonds is 0. The third-order valence-corrected chi connectivity index (χ3v) is 2.17. The van der Waals surface area contributed by atoms with Crippen LogP contribution in [0.25, 0.3) is 0 Å². The molecule has 0 aliphatic carbocycles. The molecule has 1 nitrogen and oxygen atoms in total. The highest BCUT2D eigenvalue weighted by molar-refractivity contribution is 9.09. The van der Waals surface area contributed by atoms with Crippen LogP contribution in [0.5, 0.6) is 0 Å². The second-order valence-electron chi connectivity index (χ2n) is 2.06. The summed E-state index contributed by atoms with van der Waals surface area (Å²) in [6.07, 6.45) is 3.07. The summed E-state index contributed by atoms with van der Waals surface area (Å²) >= 11 is 3.42. The van der Waals surface area contributed by atoms with Crippen LogP contribution >= 0.6 is 15.9 Å². The Bertz CT molecular complexity index is 60.7. The molecule has 0 aromatic heterocycles. The zero-order valence-corrected chi connectivity index (χ0v) is 5.69. The molecule has 1 saturated heterocycles. The molecular formula is C4H8BBrO. The minimum Gasteiger partial charge on any atom is -0.450 e. The van der Waals surface area contributed by atoms with Crippen molar-refractivity contribution in [3.8, 4) is 0 Å². The average molecular weight is 163 g/mol. The van der Waals surface area contributed by atoms with Gasteiger partial charge in [0.25, 0.3) is 6.92 Å². The lowest BCUT2D eigenvalue weighted by atomic mass is 9.67. The maximum atomic E-state index is 8.87. The highest BCUT2D eigenvalue weighted by atomic mass is 79.9. The zero-order valence-electron chi connectivity index (χ0n) is 4.10. The fourth-order valence-electron chi connectivity index (χ4n) is 0.904. The lowest BCUT2D eigenvalue weighted by Gasteiger charge is -1.90. The molecule has 1 aliphatic heterocycles. The third kappa shape index (κ3) is 1.46. The molecule has 0 aromatic carbocycles. The molecule has 40 valence electrons. The van der Waals surface area contributed by atoms with Crippen LogP contribution in [0.3, 0.4) is 0 Å². The molecule has 1 N–H and O–H groups in total. The summed E-state index contributed by atoms with van der Waals surface area (Å²) < 4.78 is 0. The van der Waals surface area contributed by atoms with Gasteiger partial charge in [0, 0.05) is 4.83 Å². The largest absolute Gasteiger partial charge is 0.450 e. The van der Waals surface area contributed by atoms with Gasteiger partial charge in [-0.3, -0.25) is 0 Å². The van der Waals surface area contributed by atoms with Crippen LogP contribution in [0.1, 0.15) is 6.42 Å². The van der Waals surface area contributed by atoms with Crippen molar-refractivity contribution >= 4 is 22.8 Å². The van der Waals surface area contributed by atoms with Gasteiger partial charge in [-0.2, -0.15) is 0 Å². The van der Waals surface area contributed by atoms with E-state index in [4.69, 9.17) is 5.02 Å². The van der Waals surface area contributed by atoms with Crippen molar-refractivity contribution in [1.29, 1.82) is 0 Å². The van der Waals surface area contributed by atoms with E-state index in [1.165, 1.54) is 0 Å². The van der Waals surface area contributed by atoms with Gasteiger partial charge in [-0.25, -0.2) is 0 Å². The van der Waals surface area contributed by atoms with E-state index < -0.39 is 0 Å². The van der Waals surface area contributed by atoms with Gasteiger partial charge in [0.2, 0.25) is 0 Å². The fourth-order valence-corrected chi connectivity index (χ4v) is 1.60. The van der Waals surface area contributed by atoms with Crippen LogP contribution in [0, 0.1) is 0 Å². The van der Waals surface area contributed by atoms with Gasteiger partial charge in [-0.05, 0) is 19.1 Å². The van der Waals surface area contributed by atoms with Crippen molar-refractivity contribution in [3.63, 3.8) is 0 Å². The Morgan fingerprint density at radius 1 is 1.71 bits per heavy atom. The van der Waals surface area contributed by atoms with E-state index in [-0.39, 0.29) is 6.92 Å². The zero-order chi connectivity index (χ0) is 5.28. The SMILES string of the molecule is OB1CCC(Br)C1. The molecule has 3 heteroatoms. The Kier molecular flexibility index (Phi) is 1.76. The van der Waals surface area contributed by atoms with E-state index in [0.29, 0.717) is 4.83 Å². The normalized spacial score (nSPS) is 31.7. The maximum absolute atomic E-state index is 8.87. The van der Waals surface area contributed by atoms with E-state index >= 15 is 0 Å². The molecule has 0 amide bonds. The summed E-state index contributed by atoms with van der Waals surface area (Å²) in [6.45, 7) is -0.0237. The topological polar surface area (TPSA) is 20.2 Å². The maximum Gasteiger partial charge on any atom is 0.290 e. The molecule has 1 atom stereocenters. The summed E-state index contributed by atoms with van der Waals surface area (Å²) in [7, 11) is 0. The van der Waals surface area contributed by atoms with Crippen molar-refractivity contribution < 1.29 is 5.02 Å². The third-order valence-electron chi connectivity index (χ3n) is 1.34. The minimum absolute atomic E-state index is 0.0237. The van der Waals surface area contributed by atoms with Crippen LogP contribution in [0.2, 0.25) is 12.6 Å². The van der Waals surface area contributed by atoms with Crippen LogP contribution in [-0.4, -0.2) is 16.8 Å². The molecule has 0 saturated carbocycles. The quantitative estimate of drug-likeness (QED) is 0.419. The first-order valence-corrected chi connectivity index (χ1v) is 3.53. The van der Waals surface area contributed by atoms with Crippen molar-refractivity contribution in [1.82, 2.24) is 0 Å². The predicted octanol–water partition coefficient (Wildman–Crippen LogP) is 1.14. The second kappa shape index (κ2) is 2.18. The van der Waals surface area contributed by atoms with Crippen LogP contribution in [0.4, 0.5) is 0 Å². The lowest BCUT2D eigenvalue weighted by Crippen LogP contribution is -2.03. The first-order valence-electron chi connectivity index (χ1n) is 2.61. The van der Waals surface area contributed by atoms with E-state index in [1.807, 2.05) is 0 Å². The highest BCUT2D eigenvalue weighted by Gasteiger charge is 2.23. The lowest BCUT2D eigenvalue weighted by molar-refractivity contribution is 0.577. The summed E-state index contributed by atoms with van der Waals surface area (Å²) in [6, 6.07) is 0. The van der Waals surface area contributed by atoms with Gasteiger partial charge in [0.1, 0.15) is 0 Å². The van der Waals surface area contributed by atoms with Gasteiger partial charge in [0.15, 0.2) is 0 Å². The summed E-state index contributed by atoms with van der Waals surface area (Å²) in [5.74, 6) is 0. The van der Waals surface area contributed by atoms with Crippen molar-refractivity contribution in [3.05, 3.63) is 0 Å². The van der Waals surface area contributed by atoms with Crippen LogP contribution < -0.4 is 0 Å². The molecule has 7 heavy (non-hydrogen) atoms. The standard InChI is InChI=1S/C4H8BBrO/c6-4-1-2-5(7)3-4/h4,7H,1-3H2. The molecule has 0 bridgehead atoms. The van der Waals surface area contributed by atoms with Crippen LogP contribution in [-0.2, 0) is 0 Å². The Labute approximate surface area is 52.3 Å². The van der Waals surface area contributed by atoms with Crippen molar-refractivity contribution in [2.24, 2.45) is 0 Å². The van der Waals surface area contributed by atoms with E-state index in [1.54, 1.807) is 0 Å². The first kappa shape index (κ1) is 5.64. The molecule has 1 fully saturated rings. The molecule has 1 aliphatic rings. The molecular weight excluding hydrogens is 155 g/mol. The van der Waals surface area contributed by atoms with Gasteiger partial charge in [0.05, 0.1) is 0 Å². The molecule has 0 radical (unpaired) electrons. The van der Waals surface area contributed by atoms with Crippen LogP contribution in [0.15, 0.2) is 0 Å². The molecule has 1 heterocycles.